The van der Waals surface area contributed by atoms with Crippen LogP contribution < -0.4 is 5.32 Å². The number of aromatic nitrogens is 3. The van der Waals surface area contributed by atoms with E-state index in [9.17, 15) is 9.90 Å². The number of carbonyl (C=O) groups excluding carboxylic acids is 1. The molecule has 6 nitrogen and oxygen atoms in total. The largest absolute Gasteiger partial charge is 0.394 e. The molecule has 6 heteroatoms. The molecule has 0 unspecified atom stereocenters. The van der Waals surface area contributed by atoms with Gasteiger partial charge in [0.15, 0.2) is 0 Å². The molecule has 2 aromatic heterocycles. The van der Waals surface area contributed by atoms with E-state index in [1.165, 1.54) is 0 Å². The van der Waals surface area contributed by atoms with Gasteiger partial charge in [-0.15, -0.1) is 0 Å². The fourth-order valence-electron chi connectivity index (χ4n) is 2.26. The number of nitrogens with zero attached hydrogens (tertiary/aromatic N) is 2. The predicted molar refractivity (Wildman–Crippen MR) is 85.6 cm³/mol. The van der Waals surface area contributed by atoms with E-state index in [1.807, 2.05) is 42.5 Å². The lowest BCUT2D eigenvalue weighted by Crippen LogP contribution is -2.31. The number of rotatable bonds is 5. The van der Waals surface area contributed by atoms with Gasteiger partial charge in [0.05, 0.1) is 18.3 Å². The third kappa shape index (κ3) is 3.44. The van der Waals surface area contributed by atoms with Gasteiger partial charge in [0.2, 0.25) is 0 Å². The number of pyridine rings is 1. The molecule has 0 spiro atoms. The lowest BCUT2D eigenvalue weighted by Gasteiger charge is -2.15. The van der Waals surface area contributed by atoms with Gasteiger partial charge >= 0.3 is 0 Å². The van der Waals surface area contributed by atoms with Gasteiger partial charge in [0, 0.05) is 18.0 Å². The summed E-state index contributed by atoms with van der Waals surface area (Å²) in [5.41, 5.74) is 2.72. The molecule has 3 N–H and O–H groups in total. The van der Waals surface area contributed by atoms with Crippen molar-refractivity contribution in [2.24, 2.45) is 0 Å². The molecule has 0 aliphatic carbocycles. The van der Waals surface area contributed by atoms with Crippen molar-refractivity contribution < 1.29 is 9.90 Å². The molecule has 1 aromatic carbocycles. The summed E-state index contributed by atoms with van der Waals surface area (Å²) in [4.78, 5) is 16.3. The molecule has 0 saturated heterocycles. The summed E-state index contributed by atoms with van der Waals surface area (Å²) in [7, 11) is 0. The van der Waals surface area contributed by atoms with E-state index in [-0.39, 0.29) is 12.5 Å². The molecule has 0 bridgehead atoms. The summed E-state index contributed by atoms with van der Waals surface area (Å²) in [6.07, 6.45) is 3.34. The first-order valence-corrected chi connectivity index (χ1v) is 7.20. The number of aromatic amines is 1. The number of benzene rings is 1. The Balaban J connectivity index is 1.75. The Morgan fingerprint density at radius 1 is 1.17 bits per heavy atom. The standard InChI is InChI=1S/C17H16N4O2/c22-11-16(12-4-2-1-3-5-12)19-17(23)15-10-14(20-21-15)13-6-8-18-9-7-13/h1-10,16,22H,11H2,(H,19,23)(H,20,21)/t16-/m0/s1. The van der Waals surface area contributed by atoms with Crippen molar-refractivity contribution >= 4 is 5.91 Å². The summed E-state index contributed by atoms with van der Waals surface area (Å²) in [6, 6.07) is 14.2. The van der Waals surface area contributed by atoms with Crippen LogP contribution >= 0.6 is 0 Å². The lowest BCUT2D eigenvalue weighted by atomic mass is 10.1. The van der Waals surface area contributed by atoms with E-state index in [1.54, 1.807) is 18.5 Å². The van der Waals surface area contributed by atoms with Crippen LogP contribution in [0.3, 0.4) is 0 Å². The second-order valence-corrected chi connectivity index (χ2v) is 5.02. The van der Waals surface area contributed by atoms with Gasteiger partial charge in [0.1, 0.15) is 5.69 Å². The van der Waals surface area contributed by atoms with Crippen LogP contribution in [0.25, 0.3) is 11.3 Å². The molecular formula is C17H16N4O2. The Bertz CT molecular complexity index is 772. The van der Waals surface area contributed by atoms with Gasteiger partial charge < -0.3 is 10.4 Å². The number of aliphatic hydroxyl groups is 1. The maximum atomic E-state index is 12.3. The highest BCUT2D eigenvalue weighted by Crippen LogP contribution is 2.17. The lowest BCUT2D eigenvalue weighted by molar-refractivity contribution is 0.0911. The summed E-state index contributed by atoms with van der Waals surface area (Å²) in [6.45, 7) is -0.179. The number of aliphatic hydroxyl groups excluding tert-OH is 1. The van der Waals surface area contributed by atoms with Crippen LogP contribution in [0.1, 0.15) is 22.1 Å². The number of hydrogen-bond donors (Lipinski definition) is 3. The van der Waals surface area contributed by atoms with E-state index >= 15 is 0 Å². The molecule has 0 fully saturated rings. The van der Waals surface area contributed by atoms with E-state index in [0.717, 1.165) is 11.1 Å². The van der Waals surface area contributed by atoms with Crippen LogP contribution in [-0.4, -0.2) is 32.8 Å². The highest BCUT2D eigenvalue weighted by molar-refractivity contribution is 5.93. The average Bonchev–Trinajstić information content (AvgIpc) is 3.11. The first-order valence-electron chi connectivity index (χ1n) is 7.20. The minimum absolute atomic E-state index is 0.179. The Morgan fingerprint density at radius 3 is 2.61 bits per heavy atom. The number of H-pyrrole nitrogens is 1. The molecule has 3 aromatic rings. The smallest absolute Gasteiger partial charge is 0.269 e. The molecule has 0 aliphatic rings. The zero-order valence-electron chi connectivity index (χ0n) is 12.3. The zero-order chi connectivity index (χ0) is 16.1. The van der Waals surface area contributed by atoms with Gasteiger partial charge in [0.25, 0.3) is 5.91 Å². The van der Waals surface area contributed by atoms with Crippen LogP contribution in [0.4, 0.5) is 0 Å². The van der Waals surface area contributed by atoms with Crippen LogP contribution in [0, 0.1) is 0 Å². The van der Waals surface area contributed by atoms with Crippen LogP contribution in [0.5, 0.6) is 0 Å². The minimum Gasteiger partial charge on any atom is -0.394 e. The highest BCUT2D eigenvalue weighted by Gasteiger charge is 2.17. The maximum absolute atomic E-state index is 12.3. The first-order chi connectivity index (χ1) is 11.3. The van der Waals surface area contributed by atoms with E-state index in [0.29, 0.717) is 11.4 Å². The Morgan fingerprint density at radius 2 is 1.91 bits per heavy atom. The van der Waals surface area contributed by atoms with Crippen molar-refractivity contribution in [1.29, 1.82) is 0 Å². The predicted octanol–water partition coefficient (Wildman–Crippen LogP) is 1.94. The van der Waals surface area contributed by atoms with Crippen molar-refractivity contribution in [3.05, 3.63) is 72.2 Å². The topological polar surface area (TPSA) is 90.9 Å². The molecule has 116 valence electrons. The zero-order valence-corrected chi connectivity index (χ0v) is 12.3. The minimum atomic E-state index is -0.462. The molecule has 3 rings (SSSR count). The Hall–Kier alpha value is -2.99. The second-order valence-electron chi connectivity index (χ2n) is 5.02. The molecule has 2 heterocycles. The molecule has 0 saturated carbocycles. The van der Waals surface area contributed by atoms with Gasteiger partial charge in [-0.25, -0.2) is 0 Å². The quantitative estimate of drug-likeness (QED) is 0.672. The molecule has 0 aliphatic heterocycles. The summed E-state index contributed by atoms with van der Waals surface area (Å²) in [5, 5.41) is 19.2. The van der Waals surface area contributed by atoms with E-state index in [4.69, 9.17) is 0 Å². The SMILES string of the molecule is O=C(N[C@@H](CO)c1ccccc1)c1cc(-c2ccncc2)n[nH]1. The second kappa shape index (κ2) is 6.85. The Kier molecular flexibility index (Phi) is 4.44. The highest BCUT2D eigenvalue weighted by atomic mass is 16.3. The average molecular weight is 308 g/mol. The molecule has 1 amide bonds. The van der Waals surface area contributed by atoms with Gasteiger partial charge in [-0.2, -0.15) is 5.10 Å². The monoisotopic (exact) mass is 308 g/mol. The molecule has 1 atom stereocenters. The molecular weight excluding hydrogens is 292 g/mol. The van der Waals surface area contributed by atoms with Crippen LogP contribution in [0.15, 0.2) is 60.9 Å². The summed E-state index contributed by atoms with van der Waals surface area (Å²) >= 11 is 0. The van der Waals surface area contributed by atoms with Gasteiger partial charge in [-0.05, 0) is 23.8 Å². The first kappa shape index (κ1) is 14.9. The van der Waals surface area contributed by atoms with Crippen molar-refractivity contribution in [2.45, 2.75) is 6.04 Å². The number of nitrogens with one attached hydrogen (secondary N) is 2. The number of amides is 1. The van der Waals surface area contributed by atoms with Gasteiger partial charge in [-0.1, -0.05) is 30.3 Å². The van der Waals surface area contributed by atoms with Gasteiger partial charge in [-0.3, -0.25) is 14.9 Å². The normalized spacial score (nSPS) is 11.9. The van der Waals surface area contributed by atoms with E-state index < -0.39 is 6.04 Å². The third-order valence-electron chi connectivity index (χ3n) is 3.49. The van der Waals surface area contributed by atoms with Crippen molar-refractivity contribution in [2.75, 3.05) is 6.61 Å². The van der Waals surface area contributed by atoms with E-state index in [2.05, 4.69) is 20.5 Å². The fraction of sp³-hybridized carbons (Fsp3) is 0.118. The molecule has 0 radical (unpaired) electrons. The summed E-state index contributed by atoms with van der Waals surface area (Å²) in [5.74, 6) is -0.319. The number of carbonyl (C=O) groups is 1. The van der Waals surface area contributed by atoms with Crippen molar-refractivity contribution in [3.63, 3.8) is 0 Å². The third-order valence-corrected chi connectivity index (χ3v) is 3.49. The maximum Gasteiger partial charge on any atom is 0.269 e. The van der Waals surface area contributed by atoms with Crippen molar-refractivity contribution in [3.8, 4) is 11.3 Å². The summed E-state index contributed by atoms with van der Waals surface area (Å²) < 4.78 is 0. The van der Waals surface area contributed by atoms with Crippen LogP contribution in [-0.2, 0) is 0 Å². The fourth-order valence-corrected chi connectivity index (χ4v) is 2.26. The van der Waals surface area contributed by atoms with Crippen molar-refractivity contribution in [1.82, 2.24) is 20.5 Å². The van der Waals surface area contributed by atoms with Crippen LogP contribution in [0.2, 0.25) is 0 Å². The molecule has 23 heavy (non-hydrogen) atoms. The Labute approximate surface area is 133 Å². The number of hydrogen-bond acceptors (Lipinski definition) is 4.